The van der Waals surface area contributed by atoms with E-state index in [9.17, 15) is 13.2 Å². The molecule has 3 rings (SSSR count). The maximum Gasteiger partial charge on any atom is 0.261 e. The van der Waals surface area contributed by atoms with Crippen LogP contribution in [0.15, 0.2) is 23.1 Å². The van der Waals surface area contributed by atoms with Crippen molar-refractivity contribution in [3.05, 3.63) is 23.8 Å². The van der Waals surface area contributed by atoms with Crippen LogP contribution in [-0.4, -0.2) is 20.9 Å². The van der Waals surface area contributed by atoms with Crippen molar-refractivity contribution in [1.82, 2.24) is 5.32 Å². The molecule has 1 aromatic carbocycles. The Kier molecular flexibility index (Phi) is 3.38. The van der Waals surface area contributed by atoms with Crippen LogP contribution >= 0.6 is 10.7 Å². The highest BCUT2D eigenvalue weighted by atomic mass is 35.7. The molecular formula is C13H14ClNO4S. The first-order valence-electron chi connectivity index (χ1n) is 6.47. The number of hydrogen-bond donors (Lipinski definition) is 1. The van der Waals surface area contributed by atoms with E-state index in [1.807, 2.05) is 0 Å². The highest BCUT2D eigenvalue weighted by Crippen LogP contribution is 2.36. The fourth-order valence-corrected chi connectivity index (χ4v) is 3.10. The Balaban J connectivity index is 1.91. The number of ether oxygens (including phenoxy) is 1. The third kappa shape index (κ3) is 2.76. The van der Waals surface area contributed by atoms with Crippen molar-refractivity contribution in [2.45, 2.75) is 30.2 Å². The zero-order valence-electron chi connectivity index (χ0n) is 10.6. The Morgan fingerprint density at radius 1 is 1.30 bits per heavy atom. The molecule has 1 unspecified atom stereocenters. The van der Waals surface area contributed by atoms with Gasteiger partial charge in [-0.25, -0.2) is 8.42 Å². The molecule has 0 spiro atoms. The van der Waals surface area contributed by atoms with Crippen LogP contribution in [0.3, 0.4) is 0 Å². The molecule has 1 atom stereocenters. The lowest BCUT2D eigenvalue weighted by Gasteiger charge is -2.27. The predicted molar refractivity (Wildman–Crippen MR) is 73.2 cm³/mol. The lowest BCUT2D eigenvalue weighted by Crippen LogP contribution is -2.33. The molecule has 1 fully saturated rings. The van der Waals surface area contributed by atoms with Crippen LogP contribution in [-0.2, 0) is 13.8 Å². The van der Waals surface area contributed by atoms with E-state index in [4.69, 9.17) is 15.4 Å². The van der Waals surface area contributed by atoms with E-state index in [1.54, 1.807) is 6.07 Å². The zero-order valence-corrected chi connectivity index (χ0v) is 12.2. The summed E-state index contributed by atoms with van der Waals surface area (Å²) < 4.78 is 28.3. The summed E-state index contributed by atoms with van der Waals surface area (Å²) >= 11 is 0. The number of amides is 1. The second-order valence-corrected chi connectivity index (χ2v) is 7.68. The van der Waals surface area contributed by atoms with Gasteiger partial charge in [0.25, 0.3) is 9.05 Å². The van der Waals surface area contributed by atoms with E-state index in [0.717, 1.165) is 12.8 Å². The maximum atomic E-state index is 11.9. The first-order chi connectivity index (χ1) is 9.45. The molecular weight excluding hydrogens is 302 g/mol. The SMILES string of the molecule is O=C(NC1CCOc2ccc(S(=O)(=O)Cl)cc21)C1CC1. The number of nitrogens with one attached hydrogen (secondary N) is 1. The van der Waals surface area contributed by atoms with Gasteiger partial charge in [0, 0.05) is 28.6 Å². The molecule has 0 aromatic heterocycles. The number of carbonyl (C=O) groups excluding carboxylic acids is 1. The number of rotatable bonds is 3. The van der Waals surface area contributed by atoms with Crippen molar-refractivity contribution in [1.29, 1.82) is 0 Å². The number of fused-ring (bicyclic) bond motifs is 1. The van der Waals surface area contributed by atoms with E-state index < -0.39 is 9.05 Å². The van der Waals surface area contributed by atoms with Crippen LogP contribution in [0.2, 0.25) is 0 Å². The van der Waals surface area contributed by atoms with Crippen molar-refractivity contribution in [3.63, 3.8) is 0 Å². The summed E-state index contributed by atoms with van der Waals surface area (Å²) in [7, 11) is 1.57. The minimum atomic E-state index is -3.79. The third-order valence-corrected chi connectivity index (χ3v) is 4.92. The lowest BCUT2D eigenvalue weighted by atomic mass is 10.0. The Bertz CT molecular complexity index is 654. The van der Waals surface area contributed by atoms with Gasteiger partial charge in [-0.15, -0.1) is 0 Å². The molecule has 7 heteroatoms. The van der Waals surface area contributed by atoms with E-state index in [-0.39, 0.29) is 22.8 Å². The highest BCUT2D eigenvalue weighted by molar-refractivity contribution is 8.13. The number of benzene rings is 1. The van der Waals surface area contributed by atoms with Gasteiger partial charge in [-0.1, -0.05) is 0 Å². The first-order valence-corrected chi connectivity index (χ1v) is 8.78. The summed E-state index contributed by atoms with van der Waals surface area (Å²) in [5, 5.41) is 2.96. The molecule has 0 bridgehead atoms. The van der Waals surface area contributed by atoms with Crippen molar-refractivity contribution in [2.24, 2.45) is 5.92 Å². The van der Waals surface area contributed by atoms with Crippen molar-refractivity contribution < 1.29 is 17.9 Å². The van der Waals surface area contributed by atoms with E-state index >= 15 is 0 Å². The van der Waals surface area contributed by atoms with Crippen LogP contribution in [0.4, 0.5) is 0 Å². The smallest absolute Gasteiger partial charge is 0.261 e. The van der Waals surface area contributed by atoms with Gasteiger partial charge in [-0.05, 0) is 31.0 Å². The molecule has 1 aliphatic heterocycles. The summed E-state index contributed by atoms with van der Waals surface area (Å²) in [5.74, 6) is 0.740. The first kappa shape index (κ1) is 13.7. The van der Waals surface area contributed by atoms with Gasteiger partial charge in [0.15, 0.2) is 0 Å². The fourth-order valence-electron chi connectivity index (χ4n) is 2.31. The Morgan fingerprint density at radius 3 is 2.70 bits per heavy atom. The quantitative estimate of drug-likeness (QED) is 0.866. The van der Waals surface area contributed by atoms with Gasteiger partial charge in [0.1, 0.15) is 5.75 Å². The van der Waals surface area contributed by atoms with Crippen LogP contribution < -0.4 is 10.1 Å². The lowest BCUT2D eigenvalue weighted by molar-refractivity contribution is -0.123. The summed E-state index contributed by atoms with van der Waals surface area (Å²) in [5.41, 5.74) is 0.673. The molecule has 0 radical (unpaired) electrons. The third-order valence-electron chi connectivity index (χ3n) is 3.57. The average molecular weight is 316 g/mol. The average Bonchev–Trinajstić information content (AvgIpc) is 3.21. The van der Waals surface area contributed by atoms with Crippen molar-refractivity contribution in [2.75, 3.05) is 6.61 Å². The molecule has 20 heavy (non-hydrogen) atoms. The molecule has 5 nitrogen and oxygen atoms in total. The van der Waals surface area contributed by atoms with Gasteiger partial charge in [-0.2, -0.15) is 0 Å². The molecule has 0 saturated heterocycles. The largest absolute Gasteiger partial charge is 0.493 e. The molecule has 1 saturated carbocycles. The number of carbonyl (C=O) groups is 1. The Hall–Kier alpha value is -1.27. The minimum absolute atomic E-state index is 0.0223. The standard InChI is InChI=1S/C13H14ClNO4S/c14-20(17,18)9-3-4-12-10(7-9)11(5-6-19-12)15-13(16)8-1-2-8/h3-4,7-8,11H,1-2,5-6H2,(H,15,16). The highest BCUT2D eigenvalue weighted by Gasteiger charge is 2.33. The van der Waals surface area contributed by atoms with Gasteiger partial charge in [0.2, 0.25) is 5.91 Å². The summed E-state index contributed by atoms with van der Waals surface area (Å²) in [6, 6.07) is 4.26. The monoisotopic (exact) mass is 315 g/mol. The zero-order chi connectivity index (χ0) is 14.3. The van der Waals surface area contributed by atoms with Crippen molar-refractivity contribution in [3.8, 4) is 5.75 Å². The molecule has 1 aliphatic carbocycles. The fraction of sp³-hybridized carbons (Fsp3) is 0.462. The molecule has 1 N–H and O–H groups in total. The van der Waals surface area contributed by atoms with E-state index in [0.29, 0.717) is 24.3 Å². The second kappa shape index (κ2) is 4.93. The summed E-state index contributed by atoms with van der Waals surface area (Å²) in [6.07, 6.45) is 2.48. The Morgan fingerprint density at radius 2 is 2.05 bits per heavy atom. The second-order valence-electron chi connectivity index (χ2n) is 5.11. The topological polar surface area (TPSA) is 72.5 Å². The van der Waals surface area contributed by atoms with Crippen molar-refractivity contribution >= 4 is 25.6 Å². The summed E-state index contributed by atoms with van der Waals surface area (Å²) in [6.45, 7) is 0.496. The van der Waals surface area contributed by atoms with Crippen LogP contribution in [0, 0.1) is 5.92 Å². The number of halogens is 1. The maximum absolute atomic E-state index is 11.9. The molecule has 1 amide bonds. The normalized spacial score (nSPS) is 21.8. The molecule has 1 aromatic rings. The van der Waals surface area contributed by atoms with E-state index in [2.05, 4.69) is 5.32 Å². The minimum Gasteiger partial charge on any atom is -0.493 e. The van der Waals surface area contributed by atoms with Crippen LogP contribution in [0.5, 0.6) is 5.75 Å². The summed E-state index contributed by atoms with van der Waals surface area (Å²) in [4.78, 5) is 11.9. The number of hydrogen-bond acceptors (Lipinski definition) is 4. The van der Waals surface area contributed by atoms with Gasteiger partial charge in [0.05, 0.1) is 17.5 Å². The van der Waals surface area contributed by atoms with Gasteiger partial charge >= 0.3 is 0 Å². The van der Waals surface area contributed by atoms with Crippen LogP contribution in [0.1, 0.15) is 30.9 Å². The van der Waals surface area contributed by atoms with Gasteiger partial charge in [-0.3, -0.25) is 4.79 Å². The molecule has 108 valence electrons. The molecule has 1 heterocycles. The van der Waals surface area contributed by atoms with E-state index in [1.165, 1.54) is 12.1 Å². The predicted octanol–water partition coefficient (Wildman–Crippen LogP) is 1.96. The van der Waals surface area contributed by atoms with Crippen LogP contribution in [0.25, 0.3) is 0 Å². The Labute approximate surface area is 121 Å². The molecule has 2 aliphatic rings. The van der Waals surface area contributed by atoms with Gasteiger partial charge < -0.3 is 10.1 Å².